The molecule has 0 atom stereocenters. The number of piperazine rings is 1. The lowest BCUT2D eigenvalue weighted by Gasteiger charge is -2.35. The summed E-state index contributed by atoms with van der Waals surface area (Å²) in [6.07, 6.45) is 0. The molecular weight excluding hydrogens is 471 g/mol. The van der Waals surface area contributed by atoms with E-state index in [2.05, 4.69) is 27.4 Å². The molecule has 1 aliphatic rings. The van der Waals surface area contributed by atoms with Gasteiger partial charge in [0.15, 0.2) is 0 Å². The van der Waals surface area contributed by atoms with Crippen LogP contribution in [0.2, 0.25) is 10.0 Å². The monoisotopic (exact) mass is 496 g/mol. The number of likely N-dealkylation sites (N-methyl/N-ethyl adjacent to an activating group) is 1. The van der Waals surface area contributed by atoms with Crippen molar-refractivity contribution in [1.82, 2.24) is 4.90 Å². The molecule has 0 aliphatic carbocycles. The molecule has 0 radical (unpaired) electrons. The number of carbonyl (C=O) groups excluding carboxylic acids is 2. The second-order valence-electron chi connectivity index (χ2n) is 8.11. The van der Waals surface area contributed by atoms with Crippen molar-refractivity contribution in [2.75, 3.05) is 48.3 Å². The van der Waals surface area contributed by atoms with Gasteiger partial charge in [-0.05, 0) is 73.3 Å². The van der Waals surface area contributed by atoms with Crippen molar-refractivity contribution in [2.45, 2.75) is 6.92 Å². The molecule has 0 unspecified atom stereocenters. The van der Waals surface area contributed by atoms with Gasteiger partial charge in [0.05, 0.1) is 0 Å². The number of halogens is 2. The molecule has 1 saturated heterocycles. The zero-order valence-electron chi connectivity index (χ0n) is 18.9. The third-order valence-corrected chi connectivity index (χ3v) is 6.28. The minimum absolute atomic E-state index is 0.219. The van der Waals surface area contributed by atoms with E-state index in [4.69, 9.17) is 23.2 Å². The first kappa shape index (κ1) is 24.1. The van der Waals surface area contributed by atoms with Crippen molar-refractivity contribution in [3.63, 3.8) is 0 Å². The first-order valence-corrected chi connectivity index (χ1v) is 11.9. The Bertz CT molecular complexity index is 1140. The van der Waals surface area contributed by atoms with Gasteiger partial charge in [-0.1, -0.05) is 30.1 Å². The van der Waals surface area contributed by atoms with Crippen LogP contribution < -0.4 is 15.5 Å². The molecule has 2 N–H and O–H groups in total. The van der Waals surface area contributed by atoms with E-state index in [1.54, 1.807) is 42.5 Å². The Labute approximate surface area is 209 Å². The highest BCUT2D eigenvalue weighted by Crippen LogP contribution is 2.22. The van der Waals surface area contributed by atoms with E-state index >= 15 is 0 Å². The number of carbonyl (C=O) groups is 2. The highest BCUT2D eigenvalue weighted by molar-refractivity contribution is 6.35. The largest absolute Gasteiger partial charge is 0.369 e. The summed E-state index contributed by atoms with van der Waals surface area (Å²) in [7, 11) is 0. The van der Waals surface area contributed by atoms with Gasteiger partial charge in [0, 0.05) is 64.4 Å². The lowest BCUT2D eigenvalue weighted by atomic mass is 10.1. The number of amides is 2. The van der Waals surface area contributed by atoms with Crippen LogP contribution in [0, 0.1) is 0 Å². The van der Waals surface area contributed by atoms with Gasteiger partial charge >= 0.3 is 0 Å². The molecule has 1 fully saturated rings. The van der Waals surface area contributed by atoms with Gasteiger partial charge < -0.3 is 20.4 Å². The van der Waals surface area contributed by atoms with Gasteiger partial charge in [-0.15, -0.1) is 0 Å². The maximum atomic E-state index is 12.7. The molecule has 8 heteroatoms. The average Bonchev–Trinajstić information content (AvgIpc) is 2.84. The summed E-state index contributed by atoms with van der Waals surface area (Å²) in [5.74, 6) is -0.554. The second kappa shape index (κ2) is 10.9. The lowest BCUT2D eigenvalue weighted by Crippen LogP contribution is -2.46. The van der Waals surface area contributed by atoms with Crippen LogP contribution >= 0.6 is 23.2 Å². The van der Waals surface area contributed by atoms with E-state index in [0.29, 0.717) is 26.9 Å². The van der Waals surface area contributed by atoms with Crippen molar-refractivity contribution >= 4 is 52.1 Å². The summed E-state index contributed by atoms with van der Waals surface area (Å²) >= 11 is 11.9. The average molecular weight is 497 g/mol. The predicted molar refractivity (Wildman–Crippen MR) is 140 cm³/mol. The van der Waals surface area contributed by atoms with Gasteiger partial charge in [0.2, 0.25) is 0 Å². The van der Waals surface area contributed by atoms with Crippen molar-refractivity contribution in [1.29, 1.82) is 0 Å². The Balaban J connectivity index is 1.33. The quantitative estimate of drug-likeness (QED) is 0.463. The van der Waals surface area contributed by atoms with Crippen molar-refractivity contribution in [3.8, 4) is 0 Å². The van der Waals surface area contributed by atoms with Crippen LogP contribution in [0.25, 0.3) is 0 Å². The Morgan fingerprint density at radius 3 is 1.76 bits per heavy atom. The maximum Gasteiger partial charge on any atom is 0.255 e. The molecule has 3 aromatic carbocycles. The Hall–Kier alpha value is -3.06. The van der Waals surface area contributed by atoms with E-state index in [1.807, 2.05) is 24.3 Å². The second-order valence-corrected chi connectivity index (χ2v) is 8.98. The molecule has 0 bridgehead atoms. The number of rotatable bonds is 6. The van der Waals surface area contributed by atoms with E-state index in [-0.39, 0.29) is 11.8 Å². The molecule has 2 amide bonds. The summed E-state index contributed by atoms with van der Waals surface area (Å²) in [5, 5.41) is 6.47. The number of anilines is 3. The van der Waals surface area contributed by atoms with Crippen LogP contribution in [0.5, 0.6) is 0 Å². The topological polar surface area (TPSA) is 64.7 Å². The van der Waals surface area contributed by atoms with Crippen molar-refractivity contribution in [2.24, 2.45) is 0 Å². The number of benzene rings is 3. The summed E-state index contributed by atoms with van der Waals surface area (Å²) in [5.41, 5.74) is 3.30. The Morgan fingerprint density at radius 1 is 0.735 bits per heavy atom. The fraction of sp³-hybridized carbons (Fsp3) is 0.231. The van der Waals surface area contributed by atoms with E-state index < -0.39 is 0 Å². The van der Waals surface area contributed by atoms with Gasteiger partial charge in [-0.3, -0.25) is 9.59 Å². The number of nitrogens with one attached hydrogen (secondary N) is 2. The molecule has 0 aromatic heterocycles. The van der Waals surface area contributed by atoms with Crippen LogP contribution in [0.15, 0.2) is 66.7 Å². The Morgan fingerprint density at radius 2 is 1.24 bits per heavy atom. The molecule has 1 heterocycles. The fourth-order valence-corrected chi connectivity index (χ4v) is 4.40. The standard InChI is InChI=1S/C26H26Cl2N4O2/c1-2-31-11-13-32(14-12-31)24-9-7-23(8-10-24)29-25(33)18-3-5-22(6-4-18)30-26(34)19-15-20(27)17-21(28)16-19/h3-10,15-17H,2,11-14H2,1H3,(H,29,33)(H,30,34). The molecule has 1 aliphatic heterocycles. The smallest absolute Gasteiger partial charge is 0.255 e. The fourth-order valence-electron chi connectivity index (χ4n) is 3.87. The lowest BCUT2D eigenvalue weighted by molar-refractivity contribution is 0.102. The highest BCUT2D eigenvalue weighted by atomic mass is 35.5. The highest BCUT2D eigenvalue weighted by Gasteiger charge is 2.16. The third-order valence-electron chi connectivity index (χ3n) is 5.84. The van der Waals surface area contributed by atoms with Crippen molar-refractivity contribution in [3.05, 3.63) is 87.9 Å². The minimum Gasteiger partial charge on any atom is -0.369 e. The van der Waals surface area contributed by atoms with Crippen LogP contribution in [0.3, 0.4) is 0 Å². The summed E-state index contributed by atoms with van der Waals surface area (Å²) < 4.78 is 0. The number of hydrogen-bond acceptors (Lipinski definition) is 4. The SMILES string of the molecule is CCN1CCN(c2ccc(NC(=O)c3ccc(NC(=O)c4cc(Cl)cc(Cl)c4)cc3)cc2)CC1. The van der Waals surface area contributed by atoms with Gasteiger partial charge in [-0.2, -0.15) is 0 Å². The minimum atomic E-state index is -0.335. The molecule has 176 valence electrons. The maximum absolute atomic E-state index is 12.7. The van der Waals surface area contributed by atoms with Gasteiger partial charge in [0.25, 0.3) is 11.8 Å². The Kier molecular flexibility index (Phi) is 7.73. The summed E-state index contributed by atoms with van der Waals surface area (Å²) in [6.45, 7) is 7.42. The van der Waals surface area contributed by atoms with E-state index in [9.17, 15) is 9.59 Å². The number of hydrogen-bond donors (Lipinski definition) is 2. The third kappa shape index (κ3) is 6.08. The molecule has 4 rings (SSSR count). The molecular formula is C26H26Cl2N4O2. The van der Waals surface area contributed by atoms with Crippen molar-refractivity contribution < 1.29 is 9.59 Å². The predicted octanol–water partition coefficient (Wildman–Crippen LogP) is 5.64. The zero-order chi connectivity index (χ0) is 24.1. The van der Waals surface area contributed by atoms with Gasteiger partial charge in [-0.25, -0.2) is 0 Å². The van der Waals surface area contributed by atoms with Crippen LogP contribution in [-0.2, 0) is 0 Å². The zero-order valence-corrected chi connectivity index (χ0v) is 20.4. The number of nitrogens with zero attached hydrogens (tertiary/aromatic N) is 2. The van der Waals surface area contributed by atoms with Crippen LogP contribution in [0.1, 0.15) is 27.6 Å². The summed E-state index contributed by atoms with van der Waals surface area (Å²) in [6, 6.07) is 19.3. The normalized spacial score (nSPS) is 14.0. The van der Waals surface area contributed by atoms with Crippen LogP contribution in [-0.4, -0.2) is 49.4 Å². The molecule has 34 heavy (non-hydrogen) atoms. The summed E-state index contributed by atoms with van der Waals surface area (Å²) in [4.78, 5) is 29.9. The first-order valence-electron chi connectivity index (χ1n) is 11.2. The first-order chi connectivity index (χ1) is 16.4. The van der Waals surface area contributed by atoms with E-state index in [1.165, 1.54) is 0 Å². The van der Waals surface area contributed by atoms with Gasteiger partial charge in [0.1, 0.15) is 0 Å². The molecule has 0 saturated carbocycles. The van der Waals surface area contributed by atoms with Crippen LogP contribution in [0.4, 0.5) is 17.1 Å². The molecule has 3 aromatic rings. The molecule has 0 spiro atoms. The molecule has 6 nitrogen and oxygen atoms in total. The van der Waals surface area contributed by atoms with E-state index in [0.717, 1.165) is 44.1 Å².